The Kier molecular flexibility index (Phi) is 3.85. The Labute approximate surface area is 114 Å². The van der Waals surface area contributed by atoms with Crippen LogP contribution in [0.4, 0.5) is 0 Å². The van der Waals surface area contributed by atoms with E-state index in [9.17, 15) is 9.59 Å². The van der Waals surface area contributed by atoms with E-state index in [2.05, 4.69) is 0 Å². The van der Waals surface area contributed by atoms with Gasteiger partial charge in [0.1, 0.15) is 12.1 Å². The van der Waals surface area contributed by atoms with Gasteiger partial charge in [0.2, 0.25) is 11.8 Å². The lowest BCUT2D eigenvalue weighted by Gasteiger charge is -2.49. The van der Waals surface area contributed by atoms with Gasteiger partial charge in [0.05, 0.1) is 12.1 Å². The summed E-state index contributed by atoms with van der Waals surface area (Å²) in [6, 6.07) is -0.585. The van der Waals surface area contributed by atoms with E-state index in [4.69, 9.17) is 4.74 Å². The Balaban J connectivity index is 2.34. The van der Waals surface area contributed by atoms with Crippen LogP contribution in [0.1, 0.15) is 40.0 Å². The van der Waals surface area contributed by atoms with Crippen molar-refractivity contribution in [3.05, 3.63) is 0 Å². The first-order chi connectivity index (χ1) is 8.94. The maximum Gasteiger partial charge on any atom is 0.246 e. The predicted octanol–water partition coefficient (Wildman–Crippen LogP) is 1.02. The van der Waals surface area contributed by atoms with Gasteiger partial charge in [-0.25, -0.2) is 0 Å². The molecule has 108 valence electrons. The van der Waals surface area contributed by atoms with Crippen molar-refractivity contribution in [1.29, 1.82) is 0 Å². The molecular formula is C14H24N2O3. The molecule has 0 N–H and O–H groups in total. The van der Waals surface area contributed by atoms with E-state index in [1.54, 1.807) is 16.9 Å². The molecule has 2 rings (SSSR count). The maximum atomic E-state index is 12.7. The molecule has 0 radical (unpaired) electrons. The SMILES string of the molecule is CCC1C(=O)N2CCCC2C(=O)N1C(C)(C)COC. The van der Waals surface area contributed by atoms with Crippen LogP contribution < -0.4 is 0 Å². The molecule has 19 heavy (non-hydrogen) atoms. The maximum absolute atomic E-state index is 12.7. The van der Waals surface area contributed by atoms with Crippen molar-refractivity contribution in [2.24, 2.45) is 0 Å². The molecule has 2 atom stereocenters. The lowest BCUT2D eigenvalue weighted by atomic mass is 9.94. The van der Waals surface area contributed by atoms with Crippen LogP contribution >= 0.6 is 0 Å². The first-order valence-corrected chi connectivity index (χ1v) is 7.06. The summed E-state index contributed by atoms with van der Waals surface area (Å²) in [7, 11) is 1.63. The van der Waals surface area contributed by atoms with Crippen molar-refractivity contribution in [1.82, 2.24) is 9.80 Å². The van der Waals surface area contributed by atoms with Crippen LogP contribution in [0.3, 0.4) is 0 Å². The molecule has 2 saturated heterocycles. The zero-order chi connectivity index (χ0) is 14.2. The van der Waals surface area contributed by atoms with Crippen molar-refractivity contribution in [3.8, 4) is 0 Å². The van der Waals surface area contributed by atoms with Gasteiger partial charge in [0.25, 0.3) is 0 Å². The quantitative estimate of drug-likeness (QED) is 0.765. The highest BCUT2D eigenvalue weighted by molar-refractivity contribution is 5.97. The molecule has 0 aromatic heterocycles. The summed E-state index contributed by atoms with van der Waals surface area (Å²) in [4.78, 5) is 28.8. The fourth-order valence-corrected chi connectivity index (χ4v) is 3.40. The molecule has 2 heterocycles. The number of rotatable bonds is 4. The van der Waals surface area contributed by atoms with Gasteiger partial charge >= 0.3 is 0 Å². The lowest BCUT2D eigenvalue weighted by Crippen LogP contribution is -2.68. The van der Waals surface area contributed by atoms with Crippen LogP contribution in [0.15, 0.2) is 0 Å². The molecule has 2 amide bonds. The van der Waals surface area contributed by atoms with Crippen molar-refractivity contribution in [2.45, 2.75) is 57.7 Å². The first kappa shape index (κ1) is 14.3. The van der Waals surface area contributed by atoms with E-state index in [-0.39, 0.29) is 23.9 Å². The van der Waals surface area contributed by atoms with Gasteiger partial charge in [-0.05, 0) is 33.1 Å². The summed E-state index contributed by atoms with van der Waals surface area (Å²) in [5, 5.41) is 0. The van der Waals surface area contributed by atoms with Crippen LogP contribution in [0.2, 0.25) is 0 Å². The monoisotopic (exact) mass is 268 g/mol. The Bertz CT molecular complexity index is 381. The zero-order valence-corrected chi connectivity index (χ0v) is 12.3. The van der Waals surface area contributed by atoms with E-state index >= 15 is 0 Å². The second-order valence-electron chi connectivity index (χ2n) is 6.07. The standard InChI is InChI=1S/C14H24N2O3/c1-5-10-12(17)15-8-6-7-11(15)13(18)16(10)14(2,3)9-19-4/h10-11H,5-9H2,1-4H3. The van der Waals surface area contributed by atoms with Crippen LogP contribution in [-0.2, 0) is 14.3 Å². The minimum absolute atomic E-state index is 0.0889. The van der Waals surface area contributed by atoms with Crippen LogP contribution in [-0.4, -0.2) is 59.5 Å². The first-order valence-electron chi connectivity index (χ1n) is 7.06. The Morgan fingerprint density at radius 1 is 1.32 bits per heavy atom. The number of hydrogen-bond acceptors (Lipinski definition) is 3. The molecule has 0 spiro atoms. The van der Waals surface area contributed by atoms with Gasteiger partial charge in [-0.2, -0.15) is 0 Å². The second kappa shape index (κ2) is 5.12. The molecule has 0 aromatic rings. The normalized spacial score (nSPS) is 28.0. The number of nitrogens with zero attached hydrogens (tertiary/aromatic N) is 2. The summed E-state index contributed by atoms with van der Waals surface area (Å²) < 4.78 is 5.23. The number of piperazine rings is 1. The van der Waals surface area contributed by atoms with Gasteiger partial charge < -0.3 is 14.5 Å². The summed E-state index contributed by atoms with van der Waals surface area (Å²) in [5.41, 5.74) is -0.448. The van der Waals surface area contributed by atoms with Gasteiger partial charge in [-0.3, -0.25) is 9.59 Å². The third-order valence-corrected chi connectivity index (χ3v) is 4.19. The van der Waals surface area contributed by atoms with E-state index in [1.165, 1.54) is 0 Å². The van der Waals surface area contributed by atoms with Crippen LogP contribution in [0, 0.1) is 0 Å². The molecular weight excluding hydrogens is 244 g/mol. The Morgan fingerprint density at radius 3 is 2.58 bits per heavy atom. The largest absolute Gasteiger partial charge is 0.382 e. The topological polar surface area (TPSA) is 49.9 Å². The molecule has 0 bridgehead atoms. The summed E-state index contributed by atoms with van der Waals surface area (Å²) >= 11 is 0. The van der Waals surface area contributed by atoms with Gasteiger partial charge in [-0.1, -0.05) is 6.92 Å². The molecule has 0 aliphatic carbocycles. The Morgan fingerprint density at radius 2 is 2.00 bits per heavy atom. The smallest absolute Gasteiger partial charge is 0.246 e. The molecule has 2 fully saturated rings. The Hall–Kier alpha value is -1.10. The van der Waals surface area contributed by atoms with Gasteiger partial charge in [-0.15, -0.1) is 0 Å². The number of amides is 2. The molecule has 0 aromatic carbocycles. The molecule has 2 aliphatic heterocycles. The molecule has 5 heteroatoms. The second-order valence-corrected chi connectivity index (χ2v) is 6.07. The third kappa shape index (κ3) is 2.24. The number of fused-ring (bicyclic) bond motifs is 1. The third-order valence-electron chi connectivity index (χ3n) is 4.19. The van der Waals surface area contributed by atoms with Crippen molar-refractivity contribution < 1.29 is 14.3 Å². The van der Waals surface area contributed by atoms with E-state index < -0.39 is 5.54 Å². The summed E-state index contributed by atoms with van der Waals surface area (Å²) in [6.07, 6.45) is 2.37. The van der Waals surface area contributed by atoms with Crippen molar-refractivity contribution in [2.75, 3.05) is 20.3 Å². The fourth-order valence-electron chi connectivity index (χ4n) is 3.40. The van der Waals surface area contributed by atoms with E-state index in [0.717, 1.165) is 19.4 Å². The molecule has 2 aliphatic rings. The van der Waals surface area contributed by atoms with Gasteiger partial charge in [0.15, 0.2) is 0 Å². The van der Waals surface area contributed by atoms with Crippen molar-refractivity contribution in [3.63, 3.8) is 0 Å². The van der Waals surface area contributed by atoms with Crippen LogP contribution in [0.25, 0.3) is 0 Å². The highest BCUT2D eigenvalue weighted by Crippen LogP contribution is 2.32. The number of carbonyl (C=O) groups excluding carboxylic acids is 2. The number of carbonyl (C=O) groups is 2. The molecule has 5 nitrogen and oxygen atoms in total. The number of methoxy groups -OCH3 is 1. The van der Waals surface area contributed by atoms with Crippen molar-refractivity contribution >= 4 is 11.8 Å². The molecule has 2 unspecified atom stereocenters. The summed E-state index contributed by atoms with van der Waals surface area (Å²) in [6.45, 7) is 7.06. The highest BCUT2D eigenvalue weighted by atomic mass is 16.5. The van der Waals surface area contributed by atoms with E-state index in [1.807, 2.05) is 20.8 Å². The van der Waals surface area contributed by atoms with E-state index in [0.29, 0.717) is 13.0 Å². The van der Waals surface area contributed by atoms with Crippen LogP contribution in [0.5, 0.6) is 0 Å². The average molecular weight is 268 g/mol. The summed E-state index contributed by atoms with van der Waals surface area (Å²) in [5.74, 6) is 0.194. The lowest BCUT2D eigenvalue weighted by molar-refractivity contribution is -0.168. The minimum Gasteiger partial charge on any atom is -0.382 e. The number of ether oxygens (including phenoxy) is 1. The average Bonchev–Trinajstić information content (AvgIpc) is 2.82. The predicted molar refractivity (Wildman–Crippen MR) is 71.6 cm³/mol. The zero-order valence-electron chi connectivity index (χ0n) is 12.3. The van der Waals surface area contributed by atoms with Gasteiger partial charge in [0, 0.05) is 13.7 Å². The molecule has 0 saturated carbocycles. The fraction of sp³-hybridized carbons (Fsp3) is 0.857. The highest BCUT2D eigenvalue weighted by Gasteiger charge is 2.51. The number of hydrogen-bond donors (Lipinski definition) is 0. The minimum atomic E-state index is -0.448.